The zero-order valence-corrected chi connectivity index (χ0v) is 7.83. The smallest absolute Gasteiger partial charge is 0.168 e. The second-order valence-electron chi connectivity index (χ2n) is 4.31. The van der Waals surface area contributed by atoms with Crippen molar-refractivity contribution in [1.29, 1.82) is 0 Å². The quantitative estimate of drug-likeness (QED) is 0.534. The molecule has 2 heterocycles. The first kappa shape index (κ1) is 8.21. The molecule has 1 spiro atoms. The van der Waals surface area contributed by atoms with Crippen LogP contribution in [0.25, 0.3) is 0 Å². The van der Waals surface area contributed by atoms with E-state index >= 15 is 0 Å². The zero-order chi connectivity index (χ0) is 8.73. The fourth-order valence-corrected chi connectivity index (χ4v) is 2.36. The third kappa shape index (κ3) is 1.49. The van der Waals surface area contributed by atoms with Gasteiger partial charge in [0.1, 0.15) is 12.2 Å². The summed E-state index contributed by atoms with van der Waals surface area (Å²) in [4.78, 5) is 0. The lowest BCUT2D eigenvalue weighted by Crippen LogP contribution is -2.38. The van der Waals surface area contributed by atoms with Crippen molar-refractivity contribution in [2.45, 2.75) is 50.1 Å². The number of hydrogen-bond donors (Lipinski definition) is 0. The summed E-state index contributed by atoms with van der Waals surface area (Å²) in [6.07, 6.45) is 6.64. The molecule has 0 N–H and O–H groups in total. The van der Waals surface area contributed by atoms with E-state index in [1.165, 1.54) is 19.3 Å². The molecule has 2 saturated heterocycles. The minimum absolute atomic E-state index is 0.227. The molecular formula is C10H16O3. The summed E-state index contributed by atoms with van der Waals surface area (Å²) in [5.41, 5.74) is 0. The summed E-state index contributed by atoms with van der Waals surface area (Å²) in [5.74, 6) is -0.227. The maximum atomic E-state index is 5.84. The van der Waals surface area contributed by atoms with Gasteiger partial charge in [0.25, 0.3) is 0 Å². The SMILES string of the molecule is C1CCC2(CC1)OCC1OC1CO2. The third-order valence-corrected chi connectivity index (χ3v) is 3.32. The molecule has 2 atom stereocenters. The van der Waals surface area contributed by atoms with Crippen molar-refractivity contribution in [1.82, 2.24) is 0 Å². The van der Waals surface area contributed by atoms with Crippen molar-refractivity contribution in [3.8, 4) is 0 Å². The van der Waals surface area contributed by atoms with Crippen LogP contribution in [0.4, 0.5) is 0 Å². The van der Waals surface area contributed by atoms with Gasteiger partial charge in [-0.3, -0.25) is 0 Å². The molecule has 2 aliphatic heterocycles. The van der Waals surface area contributed by atoms with Gasteiger partial charge < -0.3 is 14.2 Å². The molecule has 0 bridgehead atoms. The third-order valence-electron chi connectivity index (χ3n) is 3.32. The van der Waals surface area contributed by atoms with Gasteiger partial charge in [-0.1, -0.05) is 6.42 Å². The molecule has 13 heavy (non-hydrogen) atoms. The van der Waals surface area contributed by atoms with Crippen LogP contribution in [-0.4, -0.2) is 31.2 Å². The van der Waals surface area contributed by atoms with Crippen LogP contribution in [0.5, 0.6) is 0 Å². The summed E-state index contributed by atoms with van der Waals surface area (Å²) in [6.45, 7) is 1.48. The molecular weight excluding hydrogens is 168 g/mol. The molecule has 1 aliphatic carbocycles. The minimum Gasteiger partial charge on any atom is -0.365 e. The Hall–Kier alpha value is -0.120. The van der Waals surface area contributed by atoms with E-state index in [0.717, 1.165) is 26.1 Å². The number of epoxide rings is 1. The predicted molar refractivity (Wildman–Crippen MR) is 46.4 cm³/mol. The fraction of sp³-hybridized carbons (Fsp3) is 1.00. The van der Waals surface area contributed by atoms with E-state index in [9.17, 15) is 0 Å². The van der Waals surface area contributed by atoms with Crippen molar-refractivity contribution in [2.75, 3.05) is 13.2 Å². The molecule has 3 rings (SSSR count). The lowest BCUT2D eigenvalue weighted by atomic mass is 9.94. The molecule has 3 nitrogen and oxygen atoms in total. The Bertz CT molecular complexity index is 184. The van der Waals surface area contributed by atoms with Crippen molar-refractivity contribution in [3.63, 3.8) is 0 Å². The van der Waals surface area contributed by atoms with Crippen LogP contribution in [0.3, 0.4) is 0 Å². The predicted octanol–water partition coefficient (Wildman–Crippen LogP) is 1.46. The Morgan fingerprint density at radius 3 is 2.08 bits per heavy atom. The van der Waals surface area contributed by atoms with E-state index in [1.807, 2.05) is 0 Å². The second kappa shape index (κ2) is 2.94. The largest absolute Gasteiger partial charge is 0.365 e. The van der Waals surface area contributed by atoms with Crippen molar-refractivity contribution < 1.29 is 14.2 Å². The molecule has 0 radical (unpaired) electrons. The Labute approximate surface area is 78.3 Å². The topological polar surface area (TPSA) is 31.0 Å². The molecule has 0 amide bonds. The average molecular weight is 184 g/mol. The van der Waals surface area contributed by atoms with E-state index in [-0.39, 0.29) is 5.79 Å². The second-order valence-corrected chi connectivity index (χ2v) is 4.31. The Morgan fingerprint density at radius 2 is 1.46 bits per heavy atom. The van der Waals surface area contributed by atoms with Crippen LogP contribution in [-0.2, 0) is 14.2 Å². The van der Waals surface area contributed by atoms with Gasteiger partial charge >= 0.3 is 0 Å². The molecule has 74 valence electrons. The van der Waals surface area contributed by atoms with E-state index in [0.29, 0.717) is 12.2 Å². The summed E-state index contributed by atoms with van der Waals surface area (Å²) < 4.78 is 17.0. The van der Waals surface area contributed by atoms with E-state index in [1.54, 1.807) is 0 Å². The molecule has 1 saturated carbocycles. The van der Waals surface area contributed by atoms with E-state index in [2.05, 4.69) is 0 Å². The van der Waals surface area contributed by atoms with Crippen molar-refractivity contribution in [3.05, 3.63) is 0 Å². The molecule has 3 aliphatic rings. The standard InChI is InChI=1S/C10H16O3/c1-2-4-10(5-3-1)11-6-8-9(13-8)7-12-10/h8-9H,1-7H2. The van der Waals surface area contributed by atoms with Crippen molar-refractivity contribution in [2.24, 2.45) is 0 Å². The average Bonchev–Trinajstić information content (AvgIpc) is 2.92. The summed E-state index contributed by atoms with van der Waals surface area (Å²) in [7, 11) is 0. The first-order valence-electron chi connectivity index (χ1n) is 5.31. The molecule has 0 aromatic rings. The Kier molecular flexibility index (Phi) is 1.86. The molecule has 2 unspecified atom stereocenters. The van der Waals surface area contributed by atoms with Crippen LogP contribution in [0, 0.1) is 0 Å². The highest BCUT2D eigenvalue weighted by Crippen LogP contribution is 2.38. The van der Waals surface area contributed by atoms with Gasteiger partial charge in [0.05, 0.1) is 13.2 Å². The van der Waals surface area contributed by atoms with Gasteiger partial charge in [0.15, 0.2) is 5.79 Å². The van der Waals surface area contributed by atoms with E-state index < -0.39 is 0 Å². The Balaban J connectivity index is 1.68. The molecule has 3 fully saturated rings. The van der Waals surface area contributed by atoms with E-state index in [4.69, 9.17) is 14.2 Å². The summed E-state index contributed by atoms with van der Waals surface area (Å²) >= 11 is 0. The van der Waals surface area contributed by atoms with Gasteiger partial charge in [-0.05, 0) is 12.8 Å². The summed E-state index contributed by atoms with van der Waals surface area (Å²) in [5, 5.41) is 0. The van der Waals surface area contributed by atoms with Gasteiger partial charge in [-0.15, -0.1) is 0 Å². The van der Waals surface area contributed by atoms with Gasteiger partial charge in [0.2, 0.25) is 0 Å². The van der Waals surface area contributed by atoms with Crippen LogP contribution >= 0.6 is 0 Å². The van der Waals surface area contributed by atoms with Gasteiger partial charge in [-0.2, -0.15) is 0 Å². The number of hydrogen-bond acceptors (Lipinski definition) is 3. The molecule has 0 aromatic heterocycles. The highest BCUT2D eigenvalue weighted by atomic mass is 16.7. The number of rotatable bonds is 0. The van der Waals surface area contributed by atoms with Gasteiger partial charge in [0, 0.05) is 12.8 Å². The highest BCUT2D eigenvalue weighted by Gasteiger charge is 2.47. The van der Waals surface area contributed by atoms with Crippen LogP contribution in [0.2, 0.25) is 0 Å². The maximum Gasteiger partial charge on any atom is 0.168 e. The number of ether oxygens (including phenoxy) is 3. The minimum atomic E-state index is -0.227. The highest BCUT2D eigenvalue weighted by molar-refractivity contribution is 4.90. The van der Waals surface area contributed by atoms with Crippen molar-refractivity contribution >= 4 is 0 Å². The normalized spacial score (nSPS) is 42.5. The summed E-state index contributed by atoms with van der Waals surface area (Å²) in [6, 6.07) is 0. The Morgan fingerprint density at radius 1 is 0.846 bits per heavy atom. The monoisotopic (exact) mass is 184 g/mol. The van der Waals surface area contributed by atoms with Crippen LogP contribution in [0.1, 0.15) is 32.1 Å². The lowest BCUT2D eigenvalue weighted by Gasteiger charge is -2.35. The fourth-order valence-electron chi connectivity index (χ4n) is 2.36. The van der Waals surface area contributed by atoms with Crippen LogP contribution in [0.15, 0.2) is 0 Å². The van der Waals surface area contributed by atoms with Crippen LogP contribution < -0.4 is 0 Å². The maximum absolute atomic E-state index is 5.84. The zero-order valence-electron chi connectivity index (χ0n) is 7.83. The molecule has 3 heteroatoms. The first-order valence-corrected chi connectivity index (χ1v) is 5.31. The lowest BCUT2D eigenvalue weighted by molar-refractivity contribution is -0.251. The molecule has 0 aromatic carbocycles. The first-order chi connectivity index (χ1) is 6.38. The van der Waals surface area contributed by atoms with Gasteiger partial charge in [-0.25, -0.2) is 0 Å². The number of fused-ring (bicyclic) bond motifs is 1.